The molecule has 2 N–H and O–H groups in total. The Kier molecular flexibility index (Phi) is 5.34. The summed E-state index contributed by atoms with van der Waals surface area (Å²) in [6.45, 7) is 1.54. The second-order valence-electron chi connectivity index (χ2n) is 4.46. The average molecular weight is 384 g/mol. The van der Waals surface area contributed by atoms with Crippen LogP contribution in [0.25, 0.3) is 0 Å². The first kappa shape index (κ1) is 16.8. The van der Waals surface area contributed by atoms with Gasteiger partial charge in [-0.15, -0.1) is 0 Å². The molecule has 0 saturated heterocycles. The van der Waals surface area contributed by atoms with Gasteiger partial charge in [-0.25, -0.2) is 0 Å². The Morgan fingerprint density at radius 3 is 1.29 bits per heavy atom. The fourth-order valence-corrected chi connectivity index (χ4v) is 4.11. The van der Waals surface area contributed by atoms with Crippen LogP contribution in [0.1, 0.15) is 0 Å². The van der Waals surface area contributed by atoms with Gasteiger partial charge >= 0.3 is 0 Å². The molecule has 0 bridgehead atoms. The highest BCUT2D eigenvalue weighted by Gasteiger charge is 2.16. The van der Waals surface area contributed by atoms with Crippen molar-refractivity contribution in [3.63, 3.8) is 0 Å². The molecule has 0 aliphatic rings. The molecule has 0 aliphatic carbocycles. The molecule has 0 unspecified atom stereocenters. The third kappa shape index (κ3) is 5.28. The van der Waals surface area contributed by atoms with Gasteiger partial charge in [0.1, 0.15) is 0 Å². The maximum Gasteiger partial charge on any atom is 0.254 e. The lowest BCUT2D eigenvalue weighted by Crippen LogP contribution is -2.05. The molecular weight excluding hydrogens is 373 g/mol. The number of rotatable bonds is 4. The van der Waals surface area contributed by atoms with E-state index >= 15 is 0 Å². The number of hydrogen-bond donors (Lipinski definition) is 2. The van der Waals surface area contributed by atoms with Crippen molar-refractivity contribution in [3.8, 4) is 0 Å². The normalized spacial score (nSPS) is 11.3. The minimum atomic E-state index is -2.95. The van der Waals surface area contributed by atoms with Gasteiger partial charge in [0.15, 0.2) is 0 Å². The second-order valence-corrected chi connectivity index (χ2v) is 8.51. The molecule has 0 aliphatic heterocycles. The highest BCUT2D eigenvalue weighted by atomic mass is 35.5. The zero-order valence-electron chi connectivity index (χ0n) is 10.8. The van der Waals surface area contributed by atoms with E-state index in [1.165, 1.54) is 6.66 Å². The first-order chi connectivity index (χ1) is 9.73. The predicted octanol–water partition coefficient (Wildman–Crippen LogP) is 6.65. The van der Waals surface area contributed by atoms with Crippen molar-refractivity contribution in [1.82, 2.24) is 0 Å². The molecule has 0 fully saturated rings. The number of benzene rings is 2. The Labute approximate surface area is 143 Å². The summed E-state index contributed by atoms with van der Waals surface area (Å²) in [5, 5.41) is 7.57. The van der Waals surface area contributed by atoms with Crippen molar-refractivity contribution in [2.45, 2.75) is 0 Å². The van der Waals surface area contributed by atoms with Crippen LogP contribution in [0, 0.1) is 0 Å². The van der Waals surface area contributed by atoms with Crippen molar-refractivity contribution in [1.29, 1.82) is 0 Å². The number of halogens is 4. The molecule has 0 spiro atoms. The summed E-state index contributed by atoms with van der Waals surface area (Å²) in [5.41, 5.74) is 1.11. The molecule has 0 saturated carbocycles. The van der Waals surface area contributed by atoms with Crippen LogP contribution < -0.4 is 10.2 Å². The van der Waals surface area contributed by atoms with Gasteiger partial charge in [-0.1, -0.05) is 46.4 Å². The quantitative estimate of drug-likeness (QED) is 0.581. The van der Waals surface area contributed by atoms with Gasteiger partial charge in [-0.2, -0.15) is 0 Å². The highest BCUT2D eigenvalue weighted by molar-refractivity contribution is 7.66. The maximum absolute atomic E-state index is 12.6. The van der Waals surface area contributed by atoms with E-state index in [4.69, 9.17) is 46.4 Å². The van der Waals surface area contributed by atoms with Crippen molar-refractivity contribution >= 4 is 65.2 Å². The van der Waals surface area contributed by atoms with Gasteiger partial charge in [0.05, 0.1) is 0 Å². The Morgan fingerprint density at radius 1 is 0.714 bits per heavy atom. The van der Waals surface area contributed by atoms with Gasteiger partial charge in [-0.3, -0.25) is 4.57 Å². The van der Waals surface area contributed by atoms with Crippen LogP contribution in [-0.4, -0.2) is 6.66 Å². The van der Waals surface area contributed by atoms with Crippen molar-refractivity contribution in [2.75, 3.05) is 16.8 Å². The molecule has 8 heteroatoms. The van der Waals surface area contributed by atoms with E-state index in [0.717, 1.165) is 0 Å². The summed E-state index contributed by atoms with van der Waals surface area (Å²) in [4.78, 5) is 0. The molecule has 112 valence electrons. The van der Waals surface area contributed by atoms with Crippen LogP contribution >= 0.6 is 53.8 Å². The van der Waals surface area contributed by atoms with E-state index in [9.17, 15) is 4.57 Å². The molecule has 0 heterocycles. The van der Waals surface area contributed by atoms with Crippen molar-refractivity contribution in [2.24, 2.45) is 0 Å². The van der Waals surface area contributed by atoms with Crippen molar-refractivity contribution in [3.05, 3.63) is 56.5 Å². The lowest BCUT2D eigenvalue weighted by molar-refractivity contribution is 0.585. The Morgan fingerprint density at radius 2 is 1.00 bits per heavy atom. The number of anilines is 2. The van der Waals surface area contributed by atoms with E-state index in [-0.39, 0.29) is 0 Å². The number of nitrogens with one attached hydrogen (secondary N) is 2. The van der Waals surface area contributed by atoms with E-state index < -0.39 is 7.44 Å². The van der Waals surface area contributed by atoms with Crippen molar-refractivity contribution < 1.29 is 4.57 Å². The summed E-state index contributed by atoms with van der Waals surface area (Å²) in [6, 6.07) is 9.73. The summed E-state index contributed by atoms with van der Waals surface area (Å²) in [6.07, 6.45) is 0. The number of hydrogen-bond acceptors (Lipinski definition) is 1. The van der Waals surface area contributed by atoms with Gasteiger partial charge in [0.2, 0.25) is 0 Å². The van der Waals surface area contributed by atoms with Crippen LogP contribution in [-0.2, 0) is 4.57 Å². The molecule has 0 amide bonds. The minimum Gasteiger partial charge on any atom is -0.321 e. The Bertz CT molecular complexity index is 625. The molecule has 2 aromatic rings. The zero-order valence-corrected chi connectivity index (χ0v) is 14.7. The standard InChI is InChI=1S/C13H11Cl4N2OP/c1-21(20,18-12-4-8(14)2-9(15)5-12)19-13-6-10(16)3-11(17)7-13/h2-7H,1H3,(H2,18,19,20). The Hall–Kier alpha value is -0.570. The monoisotopic (exact) mass is 382 g/mol. The van der Waals surface area contributed by atoms with Crippen LogP contribution in [0.5, 0.6) is 0 Å². The summed E-state index contributed by atoms with van der Waals surface area (Å²) in [7, 11) is -2.95. The highest BCUT2D eigenvalue weighted by Crippen LogP contribution is 2.43. The topological polar surface area (TPSA) is 41.1 Å². The first-order valence-electron chi connectivity index (χ1n) is 5.80. The van der Waals surface area contributed by atoms with E-state index in [1.807, 2.05) is 0 Å². The molecular formula is C13H11Cl4N2OP. The predicted molar refractivity (Wildman–Crippen MR) is 93.7 cm³/mol. The smallest absolute Gasteiger partial charge is 0.254 e. The summed E-state index contributed by atoms with van der Waals surface area (Å²) < 4.78 is 12.6. The van der Waals surface area contributed by atoms with Crippen LogP contribution in [0.4, 0.5) is 11.4 Å². The van der Waals surface area contributed by atoms with Gasteiger partial charge in [-0.05, 0) is 36.4 Å². The molecule has 3 nitrogen and oxygen atoms in total. The largest absolute Gasteiger partial charge is 0.321 e. The van der Waals surface area contributed by atoms with E-state index in [2.05, 4.69) is 10.2 Å². The van der Waals surface area contributed by atoms with E-state index in [1.54, 1.807) is 36.4 Å². The molecule has 0 atom stereocenters. The third-order valence-corrected chi connectivity index (χ3v) is 4.65. The first-order valence-corrected chi connectivity index (χ1v) is 9.46. The molecule has 21 heavy (non-hydrogen) atoms. The van der Waals surface area contributed by atoms with E-state index in [0.29, 0.717) is 31.5 Å². The van der Waals surface area contributed by atoms with Gasteiger partial charge in [0.25, 0.3) is 7.44 Å². The SMILES string of the molecule is CP(=O)(Nc1cc(Cl)cc(Cl)c1)Nc1cc(Cl)cc(Cl)c1. The zero-order chi connectivity index (χ0) is 15.6. The van der Waals surface area contributed by atoms with Gasteiger partial charge in [0, 0.05) is 38.1 Å². The average Bonchev–Trinajstić information content (AvgIpc) is 2.23. The maximum atomic E-state index is 12.6. The molecule has 2 rings (SSSR count). The summed E-state index contributed by atoms with van der Waals surface area (Å²) in [5.74, 6) is 0. The Balaban J connectivity index is 2.20. The molecule has 2 aromatic carbocycles. The molecule has 0 aromatic heterocycles. The second kappa shape index (κ2) is 6.68. The van der Waals surface area contributed by atoms with Crippen LogP contribution in [0.3, 0.4) is 0 Å². The van der Waals surface area contributed by atoms with Crippen LogP contribution in [0.2, 0.25) is 20.1 Å². The fourth-order valence-electron chi connectivity index (χ4n) is 1.76. The summed E-state index contributed by atoms with van der Waals surface area (Å²) >= 11 is 23.6. The molecule has 0 radical (unpaired) electrons. The third-order valence-electron chi connectivity index (χ3n) is 2.41. The van der Waals surface area contributed by atoms with Crippen LogP contribution in [0.15, 0.2) is 36.4 Å². The fraction of sp³-hybridized carbons (Fsp3) is 0.0769. The minimum absolute atomic E-state index is 0.454. The lowest BCUT2D eigenvalue weighted by atomic mass is 10.3. The lowest BCUT2D eigenvalue weighted by Gasteiger charge is -2.19. The van der Waals surface area contributed by atoms with Gasteiger partial charge < -0.3 is 10.2 Å².